The second kappa shape index (κ2) is 11.7. The molecule has 0 saturated heterocycles. The third-order valence-corrected chi connectivity index (χ3v) is 6.00. The van der Waals surface area contributed by atoms with Crippen LogP contribution < -0.4 is 15.4 Å². The zero-order valence-electron chi connectivity index (χ0n) is 20.0. The summed E-state index contributed by atoms with van der Waals surface area (Å²) >= 11 is 5.45. The molecular formula is C26H31N3O4S. The number of nitrogens with one attached hydrogen (secondary N) is 2. The van der Waals surface area contributed by atoms with E-state index in [-0.39, 0.29) is 12.5 Å². The Balaban J connectivity index is 1.79. The number of anilines is 1. The van der Waals surface area contributed by atoms with Crippen LogP contribution in [0.25, 0.3) is 0 Å². The highest BCUT2D eigenvalue weighted by atomic mass is 32.1. The van der Waals surface area contributed by atoms with Gasteiger partial charge in [0.05, 0.1) is 24.8 Å². The molecule has 0 radical (unpaired) electrons. The minimum Gasteiger partial charge on any atom is -0.494 e. The Morgan fingerprint density at radius 3 is 2.56 bits per heavy atom. The number of hydrogen-bond donors (Lipinski definition) is 2. The summed E-state index contributed by atoms with van der Waals surface area (Å²) in [5, 5.41) is 6.65. The van der Waals surface area contributed by atoms with Gasteiger partial charge in [0.25, 0.3) is 5.91 Å². The van der Waals surface area contributed by atoms with Crippen molar-refractivity contribution in [3.8, 4) is 5.75 Å². The second-order valence-electron chi connectivity index (χ2n) is 7.97. The average Bonchev–Trinajstić information content (AvgIpc) is 2.83. The van der Waals surface area contributed by atoms with E-state index < -0.39 is 12.0 Å². The van der Waals surface area contributed by atoms with Crippen molar-refractivity contribution in [2.75, 3.05) is 25.6 Å². The quantitative estimate of drug-likeness (QED) is 0.302. The minimum absolute atomic E-state index is 0.235. The molecule has 7 nitrogen and oxygen atoms in total. The normalized spacial score (nSPS) is 15.6. The maximum atomic E-state index is 12.8. The van der Waals surface area contributed by atoms with Crippen LogP contribution in [0, 0.1) is 0 Å². The van der Waals surface area contributed by atoms with E-state index in [4.69, 9.17) is 21.7 Å². The summed E-state index contributed by atoms with van der Waals surface area (Å²) in [7, 11) is 1.80. The van der Waals surface area contributed by atoms with Gasteiger partial charge in [0.1, 0.15) is 5.75 Å². The molecule has 0 aromatic heterocycles. The Morgan fingerprint density at radius 2 is 1.88 bits per heavy atom. The van der Waals surface area contributed by atoms with E-state index >= 15 is 0 Å². The van der Waals surface area contributed by atoms with Crippen molar-refractivity contribution in [1.29, 1.82) is 0 Å². The smallest absolute Gasteiger partial charge is 0.338 e. The van der Waals surface area contributed by atoms with Crippen molar-refractivity contribution in [2.24, 2.45) is 0 Å². The van der Waals surface area contributed by atoms with E-state index in [0.29, 0.717) is 28.5 Å². The molecule has 2 N–H and O–H groups in total. The van der Waals surface area contributed by atoms with E-state index in [1.165, 1.54) is 0 Å². The minimum atomic E-state index is -0.487. The maximum absolute atomic E-state index is 12.8. The number of allylic oxidation sites excluding steroid dienone is 1. The van der Waals surface area contributed by atoms with Crippen molar-refractivity contribution in [2.45, 2.75) is 39.7 Å². The van der Waals surface area contributed by atoms with Gasteiger partial charge in [-0.3, -0.25) is 4.79 Å². The predicted octanol–water partition coefficient (Wildman–Crippen LogP) is 4.82. The lowest BCUT2D eigenvalue weighted by Gasteiger charge is -2.35. The van der Waals surface area contributed by atoms with Gasteiger partial charge in [-0.1, -0.05) is 25.5 Å². The molecule has 0 aliphatic carbocycles. The predicted molar refractivity (Wildman–Crippen MR) is 137 cm³/mol. The molecule has 1 aliphatic heterocycles. The number of ether oxygens (including phenoxy) is 2. The molecule has 2 aromatic rings. The largest absolute Gasteiger partial charge is 0.494 e. The van der Waals surface area contributed by atoms with Crippen molar-refractivity contribution in [3.05, 3.63) is 70.9 Å². The first kappa shape index (κ1) is 25.2. The lowest BCUT2D eigenvalue weighted by atomic mass is 9.95. The van der Waals surface area contributed by atoms with Crippen LogP contribution in [0.5, 0.6) is 5.75 Å². The summed E-state index contributed by atoms with van der Waals surface area (Å²) in [5.74, 6) is 0.106. The molecule has 180 valence electrons. The number of benzene rings is 2. The molecule has 1 heterocycles. The average molecular weight is 482 g/mol. The van der Waals surface area contributed by atoms with Crippen LogP contribution in [0.3, 0.4) is 0 Å². The summed E-state index contributed by atoms with van der Waals surface area (Å²) < 4.78 is 11.0. The Kier molecular flexibility index (Phi) is 8.65. The zero-order valence-corrected chi connectivity index (χ0v) is 20.8. The van der Waals surface area contributed by atoms with E-state index in [0.717, 1.165) is 29.9 Å². The molecule has 3 rings (SSSR count). The number of rotatable bonds is 9. The van der Waals surface area contributed by atoms with Crippen LogP contribution in [0.1, 0.15) is 55.6 Å². The van der Waals surface area contributed by atoms with Crippen LogP contribution >= 0.6 is 12.2 Å². The SMILES string of the molecule is CCCCOc1ccc(C(=O)Nc2cccc(C3NC(=S)N(C)C(C)=C3C(=O)OCC)c2)cc1. The second-order valence-corrected chi connectivity index (χ2v) is 8.35. The molecule has 34 heavy (non-hydrogen) atoms. The van der Waals surface area contributed by atoms with Gasteiger partial charge in [-0.25, -0.2) is 4.79 Å². The number of amides is 1. The first-order valence-electron chi connectivity index (χ1n) is 11.4. The Labute approximate surface area is 206 Å². The Bertz CT molecular complexity index is 1080. The number of nitrogens with zero attached hydrogens (tertiary/aromatic N) is 1. The molecule has 0 bridgehead atoms. The van der Waals surface area contributed by atoms with Crippen molar-refractivity contribution in [1.82, 2.24) is 10.2 Å². The Morgan fingerprint density at radius 1 is 1.15 bits per heavy atom. The summed E-state index contributed by atoms with van der Waals surface area (Å²) in [6.07, 6.45) is 2.05. The molecule has 2 aromatic carbocycles. The molecule has 1 atom stereocenters. The highest BCUT2D eigenvalue weighted by Crippen LogP contribution is 2.32. The molecular weight excluding hydrogens is 450 g/mol. The molecule has 0 spiro atoms. The standard InChI is InChI=1S/C26H31N3O4S/c1-5-7-15-33-21-13-11-18(12-14-21)24(30)27-20-10-8-9-19(16-20)23-22(25(31)32-6-2)17(3)29(4)26(34)28-23/h8-14,16,23H,5-7,15H2,1-4H3,(H,27,30)(H,28,34). The third-order valence-electron chi connectivity index (χ3n) is 5.61. The van der Waals surface area contributed by atoms with Crippen LogP contribution in [0.15, 0.2) is 59.8 Å². The van der Waals surface area contributed by atoms with E-state index in [1.54, 1.807) is 49.2 Å². The fourth-order valence-electron chi connectivity index (χ4n) is 3.59. The van der Waals surface area contributed by atoms with Crippen LogP contribution in [0.4, 0.5) is 5.69 Å². The van der Waals surface area contributed by atoms with Gasteiger partial charge in [0.15, 0.2) is 5.11 Å². The molecule has 0 fully saturated rings. The highest BCUT2D eigenvalue weighted by Gasteiger charge is 2.33. The molecule has 1 aliphatic rings. The van der Waals surface area contributed by atoms with Crippen LogP contribution in [0.2, 0.25) is 0 Å². The number of thiocarbonyl (C=S) groups is 1. The number of carbonyl (C=O) groups excluding carboxylic acids is 2. The molecule has 8 heteroatoms. The van der Waals surface area contributed by atoms with E-state index in [9.17, 15) is 9.59 Å². The topological polar surface area (TPSA) is 79.9 Å². The van der Waals surface area contributed by atoms with E-state index in [1.807, 2.05) is 25.1 Å². The van der Waals surface area contributed by atoms with Gasteiger partial charge >= 0.3 is 5.97 Å². The summed E-state index contributed by atoms with van der Waals surface area (Å²) in [6, 6.07) is 13.9. The fourth-order valence-corrected chi connectivity index (χ4v) is 3.85. The van der Waals surface area contributed by atoms with Crippen LogP contribution in [-0.2, 0) is 9.53 Å². The van der Waals surface area contributed by atoms with E-state index in [2.05, 4.69) is 17.6 Å². The lowest BCUT2D eigenvalue weighted by molar-refractivity contribution is -0.139. The maximum Gasteiger partial charge on any atom is 0.338 e. The van der Waals surface area contributed by atoms with Gasteiger partial charge < -0.3 is 25.0 Å². The number of esters is 1. The molecule has 0 saturated carbocycles. The number of unbranched alkanes of at least 4 members (excludes halogenated alkanes) is 1. The number of hydrogen-bond acceptors (Lipinski definition) is 5. The summed E-state index contributed by atoms with van der Waals surface area (Å²) in [4.78, 5) is 27.3. The van der Waals surface area contributed by atoms with Gasteiger partial charge in [0.2, 0.25) is 0 Å². The van der Waals surface area contributed by atoms with Crippen LogP contribution in [-0.4, -0.2) is 42.2 Å². The number of carbonyl (C=O) groups is 2. The van der Waals surface area contributed by atoms with Gasteiger partial charge in [-0.05, 0) is 74.4 Å². The zero-order chi connectivity index (χ0) is 24.7. The van der Waals surface area contributed by atoms with Gasteiger partial charge in [0, 0.05) is 24.0 Å². The summed E-state index contributed by atoms with van der Waals surface area (Å²) in [5.41, 5.74) is 3.13. The monoisotopic (exact) mass is 481 g/mol. The van der Waals surface area contributed by atoms with Crippen molar-refractivity contribution >= 4 is 34.9 Å². The Hall–Kier alpha value is -3.39. The molecule has 1 amide bonds. The fraction of sp³-hybridized carbons (Fsp3) is 0.346. The van der Waals surface area contributed by atoms with Gasteiger partial charge in [-0.2, -0.15) is 0 Å². The van der Waals surface area contributed by atoms with Crippen molar-refractivity contribution in [3.63, 3.8) is 0 Å². The first-order chi connectivity index (χ1) is 16.3. The first-order valence-corrected chi connectivity index (χ1v) is 11.8. The van der Waals surface area contributed by atoms with Crippen molar-refractivity contribution < 1.29 is 19.1 Å². The summed E-state index contributed by atoms with van der Waals surface area (Å²) in [6.45, 7) is 6.65. The van der Waals surface area contributed by atoms with Gasteiger partial charge in [-0.15, -0.1) is 0 Å². The third kappa shape index (κ3) is 5.94. The molecule has 1 unspecified atom stereocenters. The highest BCUT2D eigenvalue weighted by molar-refractivity contribution is 7.80. The lowest BCUT2D eigenvalue weighted by Crippen LogP contribution is -2.46.